The second kappa shape index (κ2) is 8.82. The number of rotatable bonds is 8. The maximum absolute atomic E-state index is 12.9. The van der Waals surface area contributed by atoms with E-state index in [0.717, 1.165) is 67.4 Å². The van der Waals surface area contributed by atoms with Gasteiger partial charge in [-0.2, -0.15) is 13.2 Å². The van der Waals surface area contributed by atoms with Crippen molar-refractivity contribution in [3.8, 4) is 11.3 Å². The molecule has 0 amide bonds. The highest BCUT2D eigenvalue weighted by Crippen LogP contribution is 2.35. The summed E-state index contributed by atoms with van der Waals surface area (Å²) in [4.78, 5) is 3.53. The monoisotopic (exact) mass is 388 g/mol. The second-order valence-corrected chi connectivity index (χ2v) is 7.24. The maximum atomic E-state index is 12.9. The highest BCUT2D eigenvalue weighted by molar-refractivity contribution is 5.92. The fraction of sp³-hybridized carbons (Fsp3) is 0.391. The second-order valence-electron chi connectivity index (χ2n) is 7.24. The number of hydrogen-bond donors (Lipinski definition) is 2. The van der Waals surface area contributed by atoms with Gasteiger partial charge in [0.2, 0.25) is 0 Å². The minimum absolute atomic E-state index is 0.624. The van der Waals surface area contributed by atoms with Crippen LogP contribution >= 0.6 is 0 Å². The molecule has 0 saturated carbocycles. The largest absolute Gasteiger partial charge is 0.416 e. The molecule has 0 atom stereocenters. The van der Waals surface area contributed by atoms with Crippen molar-refractivity contribution in [1.82, 2.24) is 4.98 Å². The van der Waals surface area contributed by atoms with Crippen molar-refractivity contribution in [2.75, 3.05) is 6.54 Å². The lowest BCUT2D eigenvalue weighted by molar-refractivity contribution is -0.137. The van der Waals surface area contributed by atoms with Gasteiger partial charge < -0.3 is 10.7 Å². The number of para-hydroxylation sites is 1. The molecular weight excluding hydrogens is 361 g/mol. The van der Waals surface area contributed by atoms with E-state index in [1.807, 2.05) is 0 Å². The molecule has 1 heterocycles. The molecule has 0 radical (unpaired) electrons. The molecule has 0 fully saturated rings. The van der Waals surface area contributed by atoms with Crippen molar-refractivity contribution in [3.63, 3.8) is 0 Å². The number of aryl methyl sites for hydroxylation is 2. The summed E-state index contributed by atoms with van der Waals surface area (Å²) < 4.78 is 38.8. The van der Waals surface area contributed by atoms with E-state index >= 15 is 0 Å². The van der Waals surface area contributed by atoms with Crippen LogP contribution in [0.4, 0.5) is 13.2 Å². The van der Waals surface area contributed by atoms with Gasteiger partial charge >= 0.3 is 6.18 Å². The first-order valence-electron chi connectivity index (χ1n) is 9.95. The van der Waals surface area contributed by atoms with Gasteiger partial charge in [-0.25, -0.2) is 0 Å². The molecule has 28 heavy (non-hydrogen) atoms. The Kier molecular flexibility index (Phi) is 6.45. The molecule has 0 aliphatic rings. The number of halogens is 3. The Morgan fingerprint density at radius 3 is 2.32 bits per heavy atom. The Bertz CT molecular complexity index is 908. The Hall–Kier alpha value is -2.27. The molecule has 0 aliphatic carbocycles. The topological polar surface area (TPSA) is 41.8 Å². The molecule has 2 nitrogen and oxygen atoms in total. The van der Waals surface area contributed by atoms with Crippen molar-refractivity contribution in [2.24, 2.45) is 5.73 Å². The predicted molar refractivity (Wildman–Crippen MR) is 109 cm³/mol. The van der Waals surface area contributed by atoms with E-state index in [-0.39, 0.29) is 0 Å². The Morgan fingerprint density at radius 1 is 0.929 bits per heavy atom. The molecule has 0 unspecified atom stereocenters. The number of aromatic nitrogens is 1. The summed E-state index contributed by atoms with van der Waals surface area (Å²) in [7, 11) is 0. The van der Waals surface area contributed by atoms with Crippen LogP contribution in [0.5, 0.6) is 0 Å². The van der Waals surface area contributed by atoms with Crippen LogP contribution < -0.4 is 5.73 Å². The lowest BCUT2D eigenvalue weighted by atomic mass is 9.98. The number of nitrogens with two attached hydrogens (primary N) is 1. The first kappa shape index (κ1) is 20.5. The molecule has 0 spiro atoms. The van der Waals surface area contributed by atoms with Crippen LogP contribution in [-0.4, -0.2) is 11.5 Å². The number of nitrogens with one attached hydrogen (secondary N) is 1. The number of H-pyrrole nitrogens is 1. The lowest BCUT2D eigenvalue weighted by Crippen LogP contribution is -2.04. The number of alkyl halides is 3. The predicted octanol–water partition coefficient (Wildman–Crippen LogP) is 6.48. The normalized spacial score (nSPS) is 12.0. The van der Waals surface area contributed by atoms with E-state index in [9.17, 15) is 13.2 Å². The number of benzene rings is 2. The zero-order valence-electron chi connectivity index (χ0n) is 16.2. The van der Waals surface area contributed by atoms with Crippen LogP contribution in [0, 0.1) is 0 Å². The van der Waals surface area contributed by atoms with Crippen molar-refractivity contribution in [1.29, 1.82) is 0 Å². The number of hydrogen-bond acceptors (Lipinski definition) is 1. The summed E-state index contributed by atoms with van der Waals surface area (Å²) in [6, 6.07) is 11.7. The summed E-state index contributed by atoms with van der Waals surface area (Å²) in [5, 5.41) is 1.17. The highest BCUT2D eigenvalue weighted by Gasteiger charge is 2.30. The van der Waals surface area contributed by atoms with Crippen molar-refractivity contribution >= 4 is 10.9 Å². The van der Waals surface area contributed by atoms with Gasteiger partial charge in [0.15, 0.2) is 0 Å². The Balaban J connectivity index is 2.07. The van der Waals surface area contributed by atoms with Gasteiger partial charge in [-0.15, -0.1) is 0 Å². The smallest absolute Gasteiger partial charge is 0.354 e. The third kappa shape index (κ3) is 4.41. The molecule has 0 aliphatic heterocycles. The minimum Gasteiger partial charge on any atom is -0.354 e. The van der Waals surface area contributed by atoms with Crippen molar-refractivity contribution in [3.05, 3.63) is 59.2 Å². The minimum atomic E-state index is -4.32. The fourth-order valence-corrected chi connectivity index (χ4v) is 3.69. The summed E-state index contributed by atoms with van der Waals surface area (Å²) in [6.07, 6.45) is 1.62. The molecule has 1 aromatic heterocycles. The van der Waals surface area contributed by atoms with E-state index in [0.29, 0.717) is 6.54 Å². The summed E-state index contributed by atoms with van der Waals surface area (Å²) >= 11 is 0. The lowest BCUT2D eigenvalue weighted by Gasteiger charge is -2.09. The Morgan fingerprint density at radius 2 is 1.68 bits per heavy atom. The van der Waals surface area contributed by atoms with Crippen molar-refractivity contribution in [2.45, 2.75) is 51.6 Å². The first-order valence-corrected chi connectivity index (χ1v) is 9.95. The van der Waals surface area contributed by atoms with E-state index in [4.69, 9.17) is 5.73 Å². The van der Waals surface area contributed by atoms with Crippen LogP contribution in [0.25, 0.3) is 22.2 Å². The van der Waals surface area contributed by atoms with Crippen LogP contribution in [-0.2, 0) is 19.0 Å². The maximum Gasteiger partial charge on any atom is 0.416 e. The zero-order chi connectivity index (χ0) is 20.1. The van der Waals surface area contributed by atoms with E-state index in [2.05, 4.69) is 30.1 Å². The van der Waals surface area contributed by atoms with Gasteiger partial charge in [-0.1, -0.05) is 43.7 Å². The number of unbranched alkanes of at least 4 members (excludes halogenated alkanes) is 2. The summed E-state index contributed by atoms with van der Waals surface area (Å²) in [6.45, 7) is 2.81. The van der Waals surface area contributed by atoms with Crippen LogP contribution in [0.15, 0.2) is 42.5 Å². The zero-order valence-corrected chi connectivity index (χ0v) is 16.2. The highest BCUT2D eigenvalue weighted by atomic mass is 19.4. The quantitative estimate of drug-likeness (QED) is 0.426. The van der Waals surface area contributed by atoms with Gasteiger partial charge in [-0.3, -0.25) is 0 Å². The van der Waals surface area contributed by atoms with Crippen LogP contribution in [0.2, 0.25) is 0 Å². The van der Waals surface area contributed by atoms with Gasteiger partial charge in [0.25, 0.3) is 0 Å². The van der Waals surface area contributed by atoms with Gasteiger partial charge in [0.05, 0.1) is 5.56 Å². The Labute approximate surface area is 164 Å². The number of fused-ring (bicyclic) bond motifs is 1. The van der Waals surface area contributed by atoms with Gasteiger partial charge in [0.1, 0.15) is 0 Å². The van der Waals surface area contributed by atoms with Gasteiger partial charge in [0, 0.05) is 16.6 Å². The van der Waals surface area contributed by atoms with Crippen LogP contribution in [0.3, 0.4) is 0 Å². The number of aromatic amines is 1. The fourth-order valence-electron chi connectivity index (χ4n) is 3.69. The molecule has 0 bridgehead atoms. The molecule has 3 rings (SSSR count). The standard InChI is InChI=1S/C23H27F3N2/c1-2-3-7-16-8-6-10-20-19(9-4-5-15-27)22(28-21(16)20)17-11-13-18(14-12-17)23(24,25)26/h6,8,10-14,28H,2-5,7,9,15,27H2,1H3. The molecule has 0 saturated heterocycles. The first-order chi connectivity index (χ1) is 13.5. The van der Waals surface area contributed by atoms with Crippen LogP contribution in [0.1, 0.15) is 49.3 Å². The van der Waals surface area contributed by atoms with Gasteiger partial charge in [-0.05, 0) is 67.5 Å². The average molecular weight is 388 g/mol. The van der Waals surface area contributed by atoms with E-state index < -0.39 is 11.7 Å². The third-order valence-electron chi connectivity index (χ3n) is 5.21. The molecule has 150 valence electrons. The molecule has 3 aromatic rings. The summed E-state index contributed by atoms with van der Waals surface area (Å²) in [5.41, 5.74) is 10.3. The van der Waals surface area contributed by atoms with E-state index in [1.165, 1.54) is 16.5 Å². The third-order valence-corrected chi connectivity index (χ3v) is 5.21. The average Bonchev–Trinajstić information content (AvgIpc) is 3.05. The molecule has 2 aromatic carbocycles. The molecule has 5 heteroatoms. The van der Waals surface area contributed by atoms with E-state index in [1.54, 1.807) is 12.1 Å². The summed E-state index contributed by atoms with van der Waals surface area (Å²) in [5.74, 6) is 0. The SMILES string of the molecule is CCCCc1cccc2c(CCCCN)c(-c3ccc(C(F)(F)F)cc3)[nH]c12. The molecule has 3 N–H and O–H groups in total. The van der Waals surface area contributed by atoms with Crippen molar-refractivity contribution < 1.29 is 13.2 Å². The molecular formula is C23H27F3N2.